The van der Waals surface area contributed by atoms with Gasteiger partial charge in [0.15, 0.2) is 5.82 Å². The second-order valence-corrected chi connectivity index (χ2v) is 5.89. The highest BCUT2D eigenvalue weighted by Crippen LogP contribution is 2.42. The van der Waals surface area contributed by atoms with Crippen molar-refractivity contribution in [1.29, 1.82) is 0 Å². The fourth-order valence-corrected chi connectivity index (χ4v) is 3.57. The Morgan fingerprint density at radius 2 is 2.27 bits per heavy atom. The Bertz CT molecular complexity index is 705. The van der Waals surface area contributed by atoms with Crippen LogP contribution in [0.3, 0.4) is 0 Å². The molecule has 8 heteroatoms. The first kappa shape index (κ1) is 14.8. The molecule has 22 heavy (non-hydrogen) atoms. The van der Waals surface area contributed by atoms with E-state index in [2.05, 4.69) is 20.3 Å². The number of nitrogens with zero attached hydrogens (tertiary/aromatic N) is 1. The predicted molar refractivity (Wildman–Crippen MR) is 79.3 cm³/mol. The number of fused-ring (bicyclic) bond motifs is 1. The van der Waals surface area contributed by atoms with Crippen molar-refractivity contribution in [2.24, 2.45) is 0 Å². The maximum Gasteiger partial charge on any atom is 0.387 e. The van der Waals surface area contributed by atoms with Crippen LogP contribution in [0.25, 0.3) is 0 Å². The molecule has 0 radical (unpaired) electrons. The molecule has 0 unspecified atom stereocenters. The van der Waals surface area contributed by atoms with Gasteiger partial charge in [-0.2, -0.15) is 13.9 Å². The van der Waals surface area contributed by atoms with E-state index >= 15 is 0 Å². The van der Waals surface area contributed by atoms with Gasteiger partial charge in [0.2, 0.25) is 5.91 Å². The fourth-order valence-electron chi connectivity index (χ4n) is 2.38. The number of H-pyrrole nitrogens is 1. The Kier molecular flexibility index (Phi) is 4.02. The molecule has 1 amide bonds. The molecule has 1 aromatic heterocycles. The molecule has 2 heterocycles. The van der Waals surface area contributed by atoms with Gasteiger partial charge < -0.3 is 10.1 Å². The lowest BCUT2D eigenvalue weighted by Gasteiger charge is -2.16. The van der Waals surface area contributed by atoms with Gasteiger partial charge in [0.05, 0.1) is 11.0 Å². The van der Waals surface area contributed by atoms with E-state index in [4.69, 9.17) is 0 Å². The second-order valence-electron chi connectivity index (χ2n) is 4.80. The molecule has 5 nitrogen and oxygen atoms in total. The van der Waals surface area contributed by atoms with Gasteiger partial charge in [-0.25, -0.2) is 0 Å². The number of anilines is 1. The summed E-state index contributed by atoms with van der Waals surface area (Å²) in [5.74, 6) is 0.706. The van der Waals surface area contributed by atoms with Crippen molar-refractivity contribution in [2.75, 3.05) is 11.1 Å². The molecule has 0 aliphatic carbocycles. The molecule has 1 aromatic carbocycles. The van der Waals surface area contributed by atoms with Crippen molar-refractivity contribution < 1.29 is 18.3 Å². The van der Waals surface area contributed by atoms with Gasteiger partial charge >= 0.3 is 6.61 Å². The fraction of sp³-hybridized carbons (Fsp3) is 0.286. The number of amides is 1. The number of carbonyl (C=O) groups excluding carboxylic acids is 1. The summed E-state index contributed by atoms with van der Waals surface area (Å²) >= 11 is 1.42. The standard InChI is InChI=1S/C14H13F2N3O2S/c1-7-11-12(22-6-10(20)17-13(11)19-18-7)8-3-2-4-9(5-8)21-14(15)16/h2-5,12,14H,6H2,1H3,(H2,17,18,19,20)/t12-/m0/s1. The molecule has 116 valence electrons. The summed E-state index contributed by atoms with van der Waals surface area (Å²) in [5.41, 5.74) is 2.46. The van der Waals surface area contributed by atoms with E-state index in [1.165, 1.54) is 17.8 Å². The maximum atomic E-state index is 12.4. The van der Waals surface area contributed by atoms with E-state index < -0.39 is 6.61 Å². The van der Waals surface area contributed by atoms with Crippen LogP contribution in [0.1, 0.15) is 22.1 Å². The van der Waals surface area contributed by atoms with Crippen LogP contribution in [-0.4, -0.2) is 28.5 Å². The van der Waals surface area contributed by atoms with Gasteiger partial charge in [-0.1, -0.05) is 12.1 Å². The zero-order chi connectivity index (χ0) is 15.7. The van der Waals surface area contributed by atoms with Crippen LogP contribution in [-0.2, 0) is 4.79 Å². The first-order chi connectivity index (χ1) is 10.5. The van der Waals surface area contributed by atoms with E-state index in [9.17, 15) is 13.6 Å². The number of aromatic amines is 1. The summed E-state index contributed by atoms with van der Waals surface area (Å²) in [6, 6.07) is 6.52. The Morgan fingerprint density at radius 1 is 1.45 bits per heavy atom. The molecule has 0 fully saturated rings. The highest BCUT2D eigenvalue weighted by Gasteiger charge is 2.28. The van der Waals surface area contributed by atoms with Crippen molar-refractivity contribution in [1.82, 2.24) is 10.2 Å². The van der Waals surface area contributed by atoms with E-state index in [-0.39, 0.29) is 22.7 Å². The molecule has 0 spiro atoms. The molecule has 2 aromatic rings. The quantitative estimate of drug-likeness (QED) is 0.910. The van der Waals surface area contributed by atoms with Gasteiger partial charge in [0.25, 0.3) is 0 Å². The first-order valence-electron chi connectivity index (χ1n) is 6.55. The topological polar surface area (TPSA) is 67.0 Å². The van der Waals surface area contributed by atoms with Gasteiger partial charge in [0, 0.05) is 11.3 Å². The van der Waals surface area contributed by atoms with Gasteiger partial charge in [-0.15, -0.1) is 11.8 Å². The molecular weight excluding hydrogens is 312 g/mol. The smallest absolute Gasteiger partial charge is 0.387 e. The van der Waals surface area contributed by atoms with Gasteiger partial charge in [-0.05, 0) is 24.6 Å². The molecule has 0 saturated heterocycles. The Labute approximate surface area is 129 Å². The van der Waals surface area contributed by atoms with Crippen molar-refractivity contribution in [2.45, 2.75) is 18.8 Å². The normalized spacial score (nSPS) is 17.8. The zero-order valence-corrected chi connectivity index (χ0v) is 12.4. The number of hydrogen-bond acceptors (Lipinski definition) is 4. The number of rotatable bonds is 3. The summed E-state index contributed by atoms with van der Waals surface area (Å²) in [5, 5.41) is 9.49. The number of hydrogen-bond donors (Lipinski definition) is 2. The average Bonchev–Trinajstić information content (AvgIpc) is 2.72. The lowest BCUT2D eigenvalue weighted by Crippen LogP contribution is -2.12. The van der Waals surface area contributed by atoms with Crippen molar-refractivity contribution in [3.05, 3.63) is 41.1 Å². The number of thioether (sulfide) groups is 1. The SMILES string of the molecule is Cc1[nH]nc2c1[C@H](c1cccc(OC(F)F)c1)SCC(=O)N2. The number of nitrogens with one attached hydrogen (secondary N) is 2. The molecule has 1 aliphatic heterocycles. The molecule has 0 bridgehead atoms. The van der Waals surface area contributed by atoms with Crippen LogP contribution in [0.4, 0.5) is 14.6 Å². The summed E-state index contributed by atoms with van der Waals surface area (Å²) in [4.78, 5) is 11.7. The van der Waals surface area contributed by atoms with E-state index in [0.717, 1.165) is 16.8 Å². The van der Waals surface area contributed by atoms with Gasteiger partial charge in [-0.3, -0.25) is 9.89 Å². The lowest BCUT2D eigenvalue weighted by molar-refractivity contribution is -0.113. The zero-order valence-electron chi connectivity index (χ0n) is 11.6. The Morgan fingerprint density at radius 3 is 3.05 bits per heavy atom. The van der Waals surface area contributed by atoms with Crippen LogP contribution >= 0.6 is 11.8 Å². The van der Waals surface area contributed by atoms with E-state index in [1.54, 1.807) is 12.1 Å². The van der Waals surface area contributed by atoms with E-state index in [0.29, 0.717) is 5.82 Å². The summed E-state index contributed by atoms with van der Waals surface area (Å²) in [7, 11) is 0. The Hall–Kier alpha value is -2.09. The molecule has 0 saturated carbocycles. The Balaban J connectivity index is 2.00. The number of ether oxygens (including phenoxy) is 1. The minimum atomic E-state index is -2.87. The summed E-state index contributed by atoms with van der Waals surface area (Å²) in [6.07, 6.45) is 0. The molecule has 3 rings (SSSR count). The van der Waals surface area contributed by atoms with Gasteiger partial charge in [0.1, 0.15) is 5.75 Å². The number of benzene rings is 1. The maximum absolute atomic E-state index is 12.4. The van der Waals surface area contributed by atoms with Crippen LogP contribution in [0.15, 0.2) is 24.3 Å². The third-order valence-corrected chi connectivity index (χ3v) is 4.55. The van der Waals surface area contributed by atoms with Crippen LogP contribution < -0.4 is 10.1 Å². The first-order valence-corrected chi connectivity index (χ1v) is 7.60. The molecule has 1 aliphatic rings. The second kappa shape index (κ2) is 5.96. The summed E-state index contributed by atoms with van der Waals surface area (Å²) < 4.78 is 29.2. The highest BCUT2D eigenvalue weighted by atomic mass is 32.2. The average molecular weight is 325 g/mol. The number of alkyl halides is 2. The number of aryl methyl sites for hydroxylation is 1. The molecule has 2 N–H and O–H groups in total. The molecule has 1 atom stereocenters. The highest BCUT2D eigenvalue weighted by molar-refractivity contribution is 8.00. The monoisotopic (exact) mass is 325 g/mol. The van der Waals surface area contributed by atoms with E-state index in [1.807, 2.05) is 13.0 Å². The van der Waals surface area contributed by atoms with Crippen molar-refractivity contribution >= 4 is 23.5 Å². The lowest BCUT2D eigenvalue weighted by atomic mass is 10.0. The van der Waals surface area contributed by atoms with Crippen molar-refractivity contribution in [3.63, 3.8) is 0 Å². The predicted octanol–water partition coefficient (Wildman–Crippen LogP) is 3.09. The minimum absolute atomic E-state index is 0.0966. The summed E-state index contributed by atoms with van der Waals surface area (Å²) in [6.45, 7) is -1.01. The number of carbonyl (C=O) groups is 1. The van der Waals surface area contributed by atoms with Crippen LogP contribution in [0.5, 0.6) is 5.75 Å². The third kappa shape index (κ3) is 2.92. The van der Waals surface area contributed by atoms with Crippen LogP contribution in [0, 0.1) is 6.92 Å². The minimum Gasteiger partial charge on any atom is -0.435 e. The van der Waals surface area contributed by atoms with Crippen molar-refractivity contribution in [3.8, 4) is 5.75 Å². The number of aromatic nitrogens is 2. The van der Waals surface area contributed by atoms with Crippen LogP contribution in [0.2, 0.25) is 0 Å². The largest absolute Gasteiger partial charge is 0.435 e. The number of halogens is 2. The third-order valence-electron chi connectivity index (χ3n) is 3.28. The molecular formula is C14H13F2N3O2S.